The second-order valence-corrected chi connectivity index (χ2v) is 9.37. The number of ether oxygens (including phenoxy) is 1. The Bertz CT molecular complexity index is 1230. The molecule has 4 rings (SSSR count). The third-order valence-electron chi connectivity index (χ3n) is 5.35. The van der Waals surface area contributed by atoms with Crippen LogP contribution < -0.4 is 4.74 Å². The van der Waals surface area contributed by atoms with Gasteiger partial charge in [0.25, 0.3) is 0 Å². The van der Waals surface area contributed by atoms with Crippen molar-refractivity contribution >= 4 is 32.7 Å². The first-order chi connectivity index (χ1) is 16.3. The van der Waals surface area contributed by atoms with Crippen molar-refractivity contribution in [2.24, 2.45) is 0 Å². The Labute approximate surface area is 208 Å². The van der Waals surface area contributed by atoms with E-state index in [4.69, 9.17) is 9.84 Å². The number of carboxylic acids is 1. The summed E-state index contributed by atoms with van der Waals surface area (Å²) in [4.78, 5) is 10.8. The smallest absolute Gasteiger partial charge is 0.339 e. The zero-order valence-corrected chi connectivity index (χ0v) is 20.9. The van der Waals surface area contributed by atoms with E-state index in [1.54, 1.807) is 6.07 Å². The lowest BCUT2D eigenvalue weighted by Gasteiger charge is -2.29. The van der Waals surface area contributed by atoms with Crippen molar-refractivity contribution in [1.82, 2.24) is 0 Å². The van der Waals surface area contributed by atoms with E-state index in [0.717, 1.165) is 40.7 Å². The molecule has 0 bridgehead atoms. The summed E-state index contributed by atoms with van der Waals surface area (Å²) < 4.78 is 7.11. The molecule has 4 aromatic rings. The molecule has 6 heteroatoms. The van der Waals surface area contributed by atoms with Crippen LogP contribution in [0.15, 0.2) is 95.5 Å². The monoisotopic (exact) mass is 522 g/mol. The van der Waals surface area contributed by atoms with Crippen LogP contribution in [0.4, 0.5) is 0 Å². The van der Waals surface area contributed by atoms with E-state index in [9.17, 15) is 9.90 Å². The quantitative estimate of drug-likeness (QED) is 0.277. The van der Waals surface area contributed by atoms with E-state index in [0.29, 0.717) is 4.47 Å². The van der Waals surface area contributed by atoms with Gasteiger partial charge in [-0.05, 0) is 44.9 Å². The van der Waals surface area contributed by atoms with Gasteiger partial charge in [0.2, 0.25) is 0 Å². The van der Waals surface area contributed by atoms with Crippen LogP contribution in [-0.4, -0.2) is 47.9 Å². The van der Waals surface area contributed by atoms with Gasteiger partial charge in [-0.3, -0.25) is 0 Å². The molecule has 0 aliphatic carbocycles. The molecular weight excluding hydrogens is 494 g/mol. The predicted molar refractivity (Wildman–Crippen MR) is 139 cm³/mol. The maximum Gasteiger partial charge on any atom is 0.339 e. The van der Waals surface area contributed by atoms with Crippen LogP contribution in [0.3, 0.4) is 0 Å². The topological polar surface area (TPSA) is 66.8 Å². The van der Waals surface area contributed by atoms with Gasteiger partial charge in [-0.25, -0.2) is 4.79 Å². The SMILES string of the molecule is C[N+](C)(CCOc1ccccc1)Cc1ccccc1.O=C(O)c1cc2ccccc2c(Br)c1O. The van der Waals surface area contributed by atoms with Crippen molar-refractivity contribution in [2.75, 3.05) is 27.2 Å². The lowest BCUT2D eigenvalue weighted by Crippen LogP contribution is -2.41. The number of hydrogen-bond acceptors (Lipinski definition) is 3. The van der Waals surface area contributed by atoms with Crippen molar-refractivity contribution in [3.63, 3.8) is 0 Å². The van der Waals surface area contributed by atoms with Gasteiger partial charge in [0.05, 0.1) is 18.6 Å². The van der Waals surface area contributed by atoms with Crippen molar-refractivity contribution < 1.29 is 24.2 Å². The van der Waals surface area contributed by atoms with E-state index >= 15 is 0 Å². The number of phenols is 1. The Balaban J connectivity index is 0.000000196. The zero-order valence-electron chi connectivity index (χ0n) is 19.3. The molecular formula is C28H29BrNO4+. The van der Waals surface area contributed by atoms with Crippen LogP contribution >= 0.6 is 15.9 Å². The van der Waals surface area contributed by atoms with Gasteiger partial charge >= 0.3 is 5.97 Å². The second kappa shape index (κ2) is 11.7. The molecule has 0 heterocycles. The number of aromatic carboxylic acids is 1. The van der Waals surface area contributed by atoms with E-state index in [-0.39, 0.29) is 11.3 Å². The van der Waals surface area contributed by atoms with E-state index < -0.39 is 5.97 Å². The van der Waals surface area contributed by atoms with Gasteiger partial charge in [-0.2, -0.15) is 0 Å². The minimum Gasteiger partial charge on any atom is -0.506 e. The van der Waals surface area contributed by atoms with Gasteiger partial charge in [0.1, 0.15) is 36.8 Å². The molecule has 176 valence electrons. The van der Waals surface area contributed by atoms with Crippen molar-refractivity contribution in [2.45, 2.75) is 6.54 Å². The number of likely N-dealkylation sites (N-methyl/N-ethyl adjacent to an activating group) is 1. The largest absolute Gasteiger partial charge is 0.506 e. The number of nitrogens with zero attached hydrogens (tertiary/aromatic N) is 1. The molecule has 0 saturated heterocycles. The number of quaternary nitrogens is 1. The molecule has 0 unspecified atom stereocenters. The second-order valence-electron chi connectivity index (χ2n) is 8.58. The van der Waals surface area contributed by atoms with Crippen LogP contribution in [0, 0.1) is 0 Å². The molecule has 0 amide bonds. The fraction of sp³-hybridized carbons (Fsp3) is 0.179. The summed E-state index contributed by atoms with van der Waals surface area (Å²) in [5, 5.41) is 20.1. The summed E-state index contributed by atoms with van der Waals surface area (Å²) >= 11 is 3.19. The van der Waals surface area contributed by atoms with Crippen LogP contribution in [0.1, 0.15) is 15.9 Å². The van der Waals surface area contributed by atoms with Crippen LogP contribution in [0.2, 0.25) is 0 Å². The lowest BCUT2D eigenvalue weighted by atomic mass is 10.1. The molecule has 0 aliphatic heterocycles. The molecule has 5 nitrogen and oxygen atoms in total. The van der Waals surface area contributed by atoms with Crippen molar-refractivity contribution in [3.05, 3.63) is 107 Å². The number of aromatic hydroxyl groups is 1. The van der Waals surface area contributed by atoms with Gasteiger partial charge in [-0.15, -0.1) is 0 Å². The van der Waals surface area contributed by atoms with E-state index in [1.807, 2.05) is 48.5 Å². The van der Waals surface area contributed by atoms with Crippen molar-refractivity contribution in [3.8, 4) is 11.5 Å². The zero-order chi connectivity index (χ0) is 24.6. The first-order valence-electron chi connectivity index (χ1n) is 10.9. The highest BCUT2D eigenvalue weighted by molar-refractivity contribution is 9.10. The third-order valence-corrected chi connectivity index (χ3v) is 6.16. The fourth-order valence-corrected chi connectivity index (χ4v) is 4.11. The molecule has 0 atom stereocenters. The lowest BCUT2D eigenvalue weighted by molar-refractivity contribution is -0.903. The molecule has 0 saturated carbocycles. The molecule has 0 aromatic heterocycles. The number of carboxylic acid groups (broad SMARTS) is 1. The number of para-hydroxylation sites is 1. The highest BCUT2D eigenvalue weighted by Gasteiger charge is 2.16. The molecule has 0 radical (unpaired) electrons. The highest BCUT2D eigenvalue weighted by Crippen LogP contribution is 2.35. The Morgan fingerprint density at radius 2 is 1.50 bits per heavy atom. The summed E-state index contributed by atoms with van der Waals surface area (Å²) in [6, 6.07) is 29.3. The van der Waals surface area contributed by atoms with Gasteiger partial charge in [0, 0.05) is 5.56 Å². The highest BCUT2D eigenvalue weighted by atomic mass is 79.9. The van der Waals surface area contributed by atoms with Crippen molar-refractivity contribution in [1.29, 1.82) is 0 Å². The number of halogens is 1. The summed E-state index contributed by atoms with van der Waals surface area (Å²) in [6.07, 6.45) is 0. The molecule has 0 spiro atoms. The number of hydrogen-bond donors (Lipinski definition) is 2. The van der Waals surface area contributed by atoms with Gasteiger partial charge < -0.3 is 19.4 Å². The standard InChI is InChI=1S/C17H22NO.C11H7BrO3/c1-18(2,15-16-9-5-3-6-10-16)13-14-19-17-11-7-4-8-12-17;12-9-7-4-2-1-3-6(7)5-8(10(9)13)11(14)15/h3-12H,13-15H2,1-2H3;1-5,13H,(H,14,15)/q+1;. The summed E-state index contributed by atoms with van der Waals surface area (Å²) in [5.74, 6) is -0.428. The normalized spacial score (nSPS) is 10.9. The molecule has 0 aliphatic rings. The number of benzene rings is 4. The number of fused-ring (bicyclic) bond motifs is 1. The Kier molecular flexibility index (Phi) is 8.68. The Hall–Kier alpha value is -3.35. The average Bonchev–Trinajstić information content (AvgIpc) is 2.82. The summed E-state index contributed by atoms with van der Waals surface area (Å²) in [6.45, 7) is 2.76. The molecule has 4 aromatic carbocycles. The predicted octanol–water partition coefficient (Wildman–Crippen LogP) is 6.35. The van der Waals surface area contributed by atoms with Crippen LogP contribution in [-0.2, 0) is 6.54 Å². The van der Waals surface area contributed by atoms with Gasteiger partial charge in [0.15, 0.2) is 0 Å². The Morgan fingerprint density at radius 1 is 0.912 bits per heavy atom. The maximum atomic E-state index is 10.8. The van der Waals surface area contributed by atoms with Gasteiger partial charge in [-0.1, -0.05) is 72.8 Å². The number of rotatable bonds is 7. The van der Waals surface area contributed by atoms with Crippen LogP contribution in [0.25, 0.3) is 10.8 Å². The minimum atomic E-state index is -1.14. The first kappa shape index (κ1) is 25.3. The molecule has 2 N–H and O–H groups in total. The molecule has 0 fully saturated rings. The van der Waals surface area contributed by atoms with E-state index in [2.05, 4.69) is 60.4 Å². The van der Waals surface area contributed by atoms with Crippen LogP contribution in [0.5, 0.6) is 11.5 Å². The Morgan fingerprint density at radius 3 is 2.15 bits per heavy atom. The maximum absolute atomic E-state index is 10.8. The molecule has 34 heavy (non-hydrogen) atoms. The average molecular weight is 523 g/mol. The third kappa shape index (κ3) is 7.07. The number of carbonyl (C=O) groups is 1. The first-order valence-corrected chi connectivity index (χ1v) is 11.7. The fourth-order valence-electron chi connectivity index (χ4n) is 3.54. The van der Waals surface area contributed by atoms with E-state index in [1.165, 1.54) is 11.6 Å². The summed E-state index contributed by atoms with van der Waals surface area (Å²) in [7, 11) is 4.47. The summed E-state index contributed by atoms with van der Waals surface area (Å²) in [5.41, 5.74) is 1.27. The minimum absolute atomic E-state index is 0.0967.